The summed E-state index contributed by atoms with van der Waals surface area (Å²) in [6, 6.07) is 183. The second-order valence-electron chi connectivity index (χ2n) is 38.6. The summed E-state index contributed by atoms with van der Waals surface area (Å²) in [7, 11) is 0. The Hall–Kier alpha value is -19.3. The largest absolute Gasteiger partial charge is 0.291 e. The highest BCUT2D eigenvalue weighted by molar-refractivity contribution is 6.15. The molecule has 26 aromatic rings. The molecule has 0 amide bonds. The highest BCUT2D eigenvalue weighted by Crippen LogP contribution is 2.67. The van der Waals surface area contributed by atoms with Gasteiger partial charge in [-0.05, 0) is 172 Å². The summed E-state index contributed by atoms with van der Waals surface area (Å²) < 4.78 is 7.13. The molecule has 8 heterocycles. The second-order valence-corrected chi connectivity index (χ2v) is 38.6. The Bertz CT molecular complexity index is 9730. The van der Waals surface area contributed by atoms with Crippen molar-refractivity contribution in [3.05, 3.63) is 576 Å². The van der Waals surface area contributed by atoms with E-state index in [0.29, 0.717) is 5.82 Å². The maximum Gasteiger partial charge on any atom is 0.197 e. The summed E-state index contributed by atoms with van der Waals surface area (Å²) in [5, 5.41) is 1.02. The standard InChI is InChI=1S/2C46H28N4.C44H28N2/c1-4-15-29(16-5-1)42-43(48-37-25-12-11-24-36(37)47-42)45-49-38-28-27-35-41-40-33(32-21-10-13-26-39(32)50(45)44(38)41)22-14-23-34(40)46(35,30-17-6-2-7-18-30)31-19-8-3-9-20-31;1-4-15-29(16-5-1)42-34-22-10-12-25-37(34)47-44(49-42)45-48-38-28-27-36-41-40-33(32-21-11-13-26-39(32)50(45)43(38)41)23-14-24-35(40)46(36,30-17-6-2-7-18-30)31-19-8-3-9-20-31;1-4-14-29(15-5-1)30-16-12-17-31(28-30)43-45-38-27-26-37-41-40-35(34-22-10-11-25-39(34)46(43)42(38)41)23-13-24-36(40)44(37,32-18-6-2-7-19-32)33-20-8-3-9-21-33/h2*1-28H;1-28H. The highest BCUT2D eigenvalue weighted by Gasteiger charge is 2.54. The Morgan fingerprint density at radius 2 is 0.445 bits per heavy atom. The summed E-state index contributed by atoms with van der Waals surface area (Å²) in [5.74, 6) is 3.07. The molecule has 0 N–H and O–H groups in total. The molecule has 6 aliphatic rings. The lowest BCUT2D eigenvalue weighted by atomic mass is 9.67. The van der Waals surface area contributed by atoms with Crippen LogP contribution < -0.4 is 0 Å². The monoisotopic (exact) mass is 1860 g/mol. The van der Waals surface area contributed by atoms with E-state index in [1.165, 1.54) is 145 Å². The molecule has 678 valence electrons. The number of rotatable bonds is 12. The normalized spacial score (nSPS) is 13.4. The zero-order chi connectivity index (χ0) is 95.9. The molecule has 0 fully saturated rings. The van der Waals surface area contributed by atoms with Crippen LogP contribution in [0, 0.1) is 0 Å². The van der Waals surface area contributed by atoms with E-state index in [4.69, 9.17) is 34.9 Å². The van der Waals surface area contributed by atoms with E-state index in [2.05, 4.69) is 481 Å². The Balaban J connectivity index is 0.000000102. The van der Waals surface area contributed by atoms with Gasteiger partial charge in [-0.2, -0.15) is 0 Å². The number of benzene rings is 21. The molecule has 0 unspecified atom stereocenters. The maximum atomic E-state index is 5.48. The minimum Gasteiger partial charge on any atom is -0.291 e. The first-order chi connectivity index (χ1) is 72.5. The van der Waals surface area contributed by atoms with Gasteiger partial charge in [0.2, 0.25) is 0 Å². The number of aromatic nitrogens is 10. The number of nitrogens with zero attached hydrogens (tertiary/aromatic N) is 10. The molecule has 0 saturated heterocycles. The average molecular weight is 1860 g/mol. The first-order valence-electron chi connectivity index (χ1n) is 50.0. The summed E-state index contributed by atoms with van der Waals surface area (Å²) in [4.78, 5) is 37.4. The predicted octanol–water partition coefficient (Wildman–Crippen LogP) is 32.0. The van der Waals surface area contributed by atoms with Crippen molar-refractivity contribution in [1.82, 2.24) is 48.6 Å². The van der Waals surface area contributed by atoms with Gasteiger partial charge in [0.15, 0.2) is 17.5 Å². The topological polar surface area (TPSA) is 105 Å². The van der Waals surface area contributed by atoms with Crippen LogP contribution in [0.2, 0.25) is 0 Å². The van der Waals surface area contributed by atoms with Gasteiger partial charge in [0.1, 0.15) is 17.2 Å². The number of fused-ring (bicyclic) bond motifs is 11. The van der Waals surface area contributed by atoms with Crippen molar-refractivity contribution in [2.24, 2.45) is 0 Å². The smallest absolute Gasteiger partial charge is 0.197 e. The molecular weight excluding hydrogens is 1770 g/mol. The van der Waals surface area contributed by atoms with E-state index in [9.17, 15) is 0 Å². The number of hydrogen-bond donors (Lipinski definition) is 0. The van der Waals surface area contributed by atoms with Gasteiger partial charge in [-0.1, -0.05) is 449 Å². The van der Waals surface area contributed by atoms with E-state index < -0.39 is 16.2 Å². The zero-order valence-corrected chi connectivity index (χ0v) is 79.0. The van der Waals surface area contributed by atoms with Crippen molar-refractivity contribution in [3.63, 3.8) is 0 Å². The SMILES string of the molecule is c1ccc(-c2cccc(-c3nc4ccc5c6c4n3-c3ccccc3-c3cccc(c3-6)C5(c3ccccc3)c3ccccc3)c2)cc1.c1ccc(-c2nc(-c3nc4ccc5c6c4n3-c3ccccc3-c3cccc(c3-6)C5(c3ccccc3)c3ccccc3)nc3ccccc23)cc1.c1ccc(-c2nc3ccccc3nc2-c2nc3ccc4c5c3n2-c2ccccc2-c2cccc(c2-5)C4(c2ccccc2)c2ccccc2)cc1. The second kappa shape index (κ2) is 32.4. The molecule has 0 atom stereocenters. The number of imidazole rings is 3. The quantitative estimate of drug-likeness (QED) is 0.120. The van der Waals surface area contributed by atoms with Crippen LogP contribution in [-0.2, 0) is 16.2 Å². The van der Waals surface area contributed by atoms with Gasteiger partial charge >= 0.3 is 0 Å². The van der Waals surface area contributed by atoms with Crippen molar-refractivity contribution < 1.29 is 0 Å². The van der Waals surface area contributed by atoms with Crippen LogP contribution in [-0.4, -0.2) is 48.6 Å². The minimum absolute atomic E-state index is 0.466. The summed E-state index contributed by atoms with van der Waals surface area (Å²) in [6.45, 7) is 0. The van der Waals surface area contributed by atoms with Crippen molar-refractivity contribution in [1.29, 1.82) is 0 Å². The highest BCUT2D eigenvalue weighted by atomic mass is 15.1. The molecule has 3 aliphatic heterocycles. The van der Waals surface area contributed by atoms with Crippen molar-refractivity contribution in [2.45, 2.75) is 16.2 Å². The Labute approximate surface area is 842 Å². The van der Waals surface area contributed by atoms with Crippen LogP contribution in [0.15, 0.2) is 510 Å². The van der Waals surface area contributed by atoms with Crippen LogP contribution in [0.1, 0.15) is 66.8 Å². The fourth-order valence-corrected chi connectivity index (χ4v) is 25.5. The molecule has 0 spiro atoms. The molecule has 32 rings (SSSR count). The molecular formula is C136H84N10. The summed E-state index contributed by atoms with van der Waals surface area (Å²) in [5.41, 5.74) is 48.7. The van der Waals surface area contributed by atoms with E-state index in [1.54, 1.807) is 0 Å². The first-order valence-corrected chi connectivity index (χ1v) is 50.0. The Kier molecular flexibility index (Phi) is 18.3. The lowest BCUT2D eigenvalue weighted by molar-refractivity contribution is 0.769. The average Bonchev–Trinajstić information content (AvgIpc) is 1.51. The molecule has 0 saturated carbocycles. The van der Waals surface area contributed by atoms with Gasteiger partial charge in [-0.25, -0.2) is 34.9 Å². The fraction of sp³-hybridized carbons (Fsp3) is 0.0221. The zero-order valence-electron chi connectivity index (χ0n) is 79.0. The van der Waals surface area contributed by atoms with E-state index in [-0.39, 0.29) is 0 Å². The van der Waals surface area contributed by atoms with Crippen molar-refractivity contribution in [2.75, 3.05) is 0 Å². The van der Waals surface area contributed by atoms with E-state index >= 15 is 0 Å². The van der Waals surface area contributed by atoms with Crippen LogP contribution in [0.25, 0.3) is 207 Å². The molecule has 21 aromatic carbocycles. The third-order valence-electron chi connectivity index (χ3n) is 31.3. The Morgan fingerprint density at radius 3 is 0.856 bits per heavy atom. The summed E-state index contributed by atoms with van der Waals surface area (Å²) >= 11 is 0. The molecule has 0 bridgehead atoms. The maximum absolute atomic E-state index is 5.48. The van der Waals surface area contributed by atoms with Crippen molar-refractivity contribution in [3.8, 4) is 152 Å². The number of hydrogen-bond acceptors (Lipinski definition) is 7. The molecule has 5 aromatic heterocycles. The molecule has 0 radical (unpaired) electrons. The van der Waals surface area contributed by atoms with Gasteiger partial charge in [-0.15, -0.1) is 0 Å². The van der Waals surface area contributed by atoms with Gasteiger partial charge in [0, 0.05) is 55.5 Å². The minimum atomic E-state index is -0.517. The summed E-state index contributed by atoms with van der Waals surface area (Å²) in [6.07, 6.45) is 0. The van der Waals surface area contributed by atoms with Gasteiger partial charge in [0.05, 0.1) is 88.7 Å². The first kappa shape index (κ1) is 82.6. The van der Waals surface area contributed by atoms with E-state index in [0.717, 1.165) is 123 Å². The third kappa shape index (κ3) is 11.8. The lowest BCUT2D eigenvalue weighted by Crippen LogP contribution is -2.28. The van der Waals surface area contributed by atoms with Crippen molar-refractivity contribution >= 4 is 55.0 Å². The lowest BCUT2D eigenvalue weighted by Gasteiger charge is -2.34. The van der Waals surface area contributed by atoms with Gasteiger partial charge in [0.25, 0.3) is 0 Å². The molecule has 146 heavy (non-hydrogen) atoms. The molecule has 3 aliphatic carbocycles. The van der Waals surface area contributed by atoms with Crippen LogP contribution in [0.4, 0.5) is 0 Å². The molecule has 10 nitrogen and oxygen atoms in total. The van der Waals surface area contributed by atoms with Crippen LogP contribution in [0.3, 0.4) is 0 Å². The van der Waals surface area contributed by atoms with Gasteiger partial charge < -0.3 is 0 Å². The Morgan fingerprint density at radius 1 is 0.158 bits per heavy atom. The third-order valence-corrected chi connectivity index (χ3v) is 31.3. The van der Waals surface area contributed by atoms with Gasteiger partial charge in [-0.3, -0.25) is 13.7 Å². The van der Waals surface area contributed by atoms with Crippen LogP contribution >= 0.6 is 0 Å². The molecule has 10 heteroatoms. The van der Waals surface area contributed by atoms with E-state index in [1.807, 2.05) is 42.5 Å². The fourth-order valence-electron chi connectivity index (χ4n) is 25.5. The number of para-hydroxylation sites is 6. The predicted molar refractivity (Wildman–Crippen MR) is 591 cm³/mol. The van der Waals surface area contributed by atoms with Crippen LogP contribution in [0.5, 0.6) is 0 Å².